The zero-order valence-corrected chi connectivity index (χ0v) is 9.82. The van der Waals surface area contributed by atoms with E-state index in [1.807, 2.05) is 0 Å². The number of carbonyl (C=O) groups excluding carboxylic acids is 1. The Kier molecular flexibility index (Phi) is 3.74. The van der Waals surface area contributed by atoms with Gasteiger partial charge in [0.15, 0.2) is 0 Å². The summed E-state index contributed by atoms with van der Waals surface area (Å²) in [7, 11) is 0. The molecule has 0 aliphatic rings. The largest absolute Gasteiger partial charge is 0.418 e. The maximum atomic E-state index is 12.6. The molecule has 6 heteroatoms. The Balaban J connectivity index is 1.96. The third kappa shape index (κ3) is 3.43. The molecular formula is C12H8ClFN2O2. The number of nitrogens with one attached hydrogen (secondary N) is 1. The van der Waals surface area contributed by atoms with E-state index < -0.39 is 11.9 Å². The Hall–Kier alpha value is -2.14. The van der Waals surface area contributed by atoms with Crippen LogP contribution in [-0.2, 0) is 0 Å². The van der Waals surface area contributed by atoms with Crippen LogP contribution in [0.5, 0.6) is 5.75 Å². The normalized spacial score (nSPS) is 9.89. The predicted molar refractivity (Wildman–Crippen MR) is 65.3 cm³/mol. The number of nitrogens with zero attached hydrogens (tertiary/aromatic N) is 1. The highest BCUT2D eigenvalue weighted by Crippen LogP contribution is 2.16. The molecule has 18 heavy (non-hydrogen) atoms. The van der Waals surface area contributed by atoms with Gasteiger partial charge in [0.2, 0.25) is 0 Å². The van der Waals surface area contributed by atoms with E-state index in [0.717, 1.165) is 6.20 Å². The number of hydrogen-bond donors (Lipinski definition) is 1. The van der Waals surface area contributed by atoms with Gasteiger partial charge in [0, 0.05) is 5.02 Å². The van der Waals surface area contributed by atoms with Crippen LogP contribution in [0.25, 0.3) is 0 Å². The first kappa shape index (κ1) is 12.3. The van der Waals surface area contributed by atoms with Gasteiger partial charge in [-0.05, 0) is 36.4 Å². The van der Waals surface area contributed by atoms with Crippen molar-refractivity contribution < 1.29 is 13.9 Å². The van der Waals surface area contributed by atoms with Gasteiger partial charge in [0.25, 0.3) is 0 Å². The maximum Gasteiger partial charge on any atom is 0.418 e. The Bertz CT molecular complexity index is 494. The number of rotatable bonds is 2. The van der Waals surface area contributed by atoms with Crippen molar-refractivity contribution in [1.29, 1.82) is 0 Å². The average molecular weight is 267 g/mol. The highest BCUT2D eigenvalue weighted by atomic mass is 35.5. The number of pyridine rings is 1. The van der Waals surface area contributed by atoms with E-state index in [4.69, 9.17) is 16.3 Å². The summed E-state index contributed by atoms with van der Waals surface area (Å²) < 4.78 is 17.6. The van der Waals surface area contributed by atoms with Crippen molar-refractivity contribution in [3.8, 4) is 5.75 Å². The van der Waals surface area contributed by atoms with Crippen molar-refractivity contribution in [1.82, 2.24) is 4.98 Å². The molecule has 2 rings (SSSR count). The number of benzene rings is 1. The zero-order valence-electron chi connectivity index (χ0n) is 9.06. The molecule has 1 N–H and O–H groups in total. The molecule has 1 aromatic heterocycles. The molecule has 0 fully saturated rings. The molecule has 1 amide bonds. The number of halogens is 2. The number of ether oxygens (including phenoxy) is 1. The van der Waals surface area contributed by atoms with Gasteiger partial charge in [-0.3, -0.25) is 5.32 Å². The first-order valence-electron chi connectivity index (χ1n) is 4.99. The van der Waals surface area contributed by atoms with Crippen LogP contribution in [0, 0.1) is 5.82 Å². The average Bonchev–Trinajstić information content (AvgIpc) is 2.35. The number of amides is 1. The van der Waals surface area contributed by atoms with Crippen molar-refractivity contribution in [2.24, 2.45) is 0 Å². The van der Waals surface area contributed by atoms with Crippen LogP contribution in [0.15, 0.2) is 42.6 Å². The van der Waals surface area contributed by atoms with Gasteiger partial charge in [-0.15, -0.1) is 0 Å². The van der Waals surface area contributed by atoms with Crippen LogP contribution in [0.1, 0.15) is 0 Å². The summed E-state index contributed by atoms with van der Waals surface area (Å²) >= 11 is 5.69. The van der Waals surface area contributed by atoms with Crippen molar-refractivity contribution >= 4 is 23.5 Å². The van der Waals surface area contributed by atoms with Crippen molar-refractivity contribution in [2.75, 3.05) is 5.32 Å². The summed E-state index contributed by atoms with van der Waals surface area (Å²) in [5, 5.41) is 2.90. The fourth-order valence-corrected chi connectivity index (χ4v) is 1.32. The second-order valence-electron chi connectivity index (χ2n) is 3.33. The van der Waals surface area contributed by atoms with E-state index in [9.17, 15) is 9.18 Å². The molecule has 0 radical (unpaired) electrons. The summed E-state index contributed by atoms with van der Waals surface area (Å²) in [5.41, 5.74) is 0. The summed E-state index contributed by atoms with van der Waals surface area (Å²) in [4.78, 5) is 15.1. The Morgan fingerprint density at radius 2 is 1.94 bits per heavy atom. The first-order valence-corrected chi connectivity index (χ1v) is 5.37. The quantitative estimate of drug-likeness (QED) is 0.905. The third-order valence-electron chi connectivity index (χ3n) is 1.98. The van der Waals surface area contributed by atoms with E-state index in [2.05, 4.69) is 10.3 Å². The lowest BCUT2D eigenvalue weighted by Gasteiger charge is -2.05. The SMILES string of the molecule is O=C(Nc1ccc(F)cn1)Oc1ccc(Cl)cc1. The first-order chi connectivity index (χ1) is 8.63. The van der Waals surface area contributed by atoms with Gasteiger partial charge in [0.05, 0.1) is 6.20 Å². The fourth-order valence-electron chi connectivity index (χ4n) is 1.19. The highest BCUT2D eigenvalue weighted by molar-refractivity contribution is 6.30. The molecule has 2 aromatic rings. The number of hydrogen-bond acceptors (Lipinski definition) is 3. The molecule has 4 nitrogen and oxygen atoms in total. The van der Waals surface area contributed by atoms with Gasteiger partial charge >= 0.3 is 6.09 Å². The van der Waals surface area contributed by atoms with Gasteiger partial charge in [-0.1, -0.05) is 11.6 Å². The second-order valence-corrected chi connectivity index (χ2v) is 3.77. The summed E-state index contributed by atoms with van der Waals surface area (Å²) in [6, 6.07) is 8.82. The molecule has 0 aliphatic carbocycles. The Labute approximate surface area is 107 Å². The molecular weight excluding hydrogens is 259 g/mol. The second kappa shape index (κ2) is 5.46. The molecule has 0 spiro atoms. The monoisotopic (exact) mass is 266 g/mol. The third-order valence-corrected chi connectivity index (χ3v) is 2.23. The summed E-state index contributed by atoms with van der Waals surface area (Å²) in [6.45, 7) is 0. The number of carbonyl (C=O) groups is 1. The summed E-state index contributed by atoms with van der Waals surface area (Å²) in [6.07, 6.45) is 0.286. The molecule has 0 bridgehead atoms. The molecule has 1 aromatic carbocycles. The van der Waals surface area contributed by atoms with Crippen LogP contribution < -0.4 is 10.1 Å². The standard InChI is InChI=1S/C12H8ClFN2O2/c13-8-1-4-10(5-2-8)18-12(17)16-11-6-3-9(14)7-15-11/h1-7H,(H,15,16,17). The van der Waals surface area contributed by atoms with Crippen molar-refractivity contribution in [2.45, 2.75) is 0 Å². The van der Waals surface area contributed by atoms with Crippen molar-refractivity contribution in [3.05, 3.63) is 53.4 Å². The van der Waals surface area contributed by atoms with E-state index in [-0.39, 0.29) is 5.82 Å². The minimum atomic E-state index is -0.712. The lowest BCUT2D eigenvalue weighted by Crippen LogP contribution is -2.17. The Morgan fingerprint density at radius 1 is 1.22 bits per heavy atom. The van der Waals surface area contributed by atoms with E-state index in [1.54, 1.807) is 24.3 Å². The van der Waals surface area contributed by atoms with Crippen molar-refractivity contribution in [3.63, 3.8) is 0 Å². The molecule has 92 valence electrons. The van der Waals surface area contributed by atoms with E-state index in [1.165, 1.54) is 12.1 Å². The fraction of sp³-hybridized carbons (Fsp3) is 0. The molecule has 1 heterocycles. The van der Waals surface area contributed by atoms with E-state index in [0.29, 0.717) is 10.8 Å². The maximum absolute atomic E-state index is 12.6. The summed E-state index contributed by atoms with van der Waals surface area (Å²) in [5.74, 6) is 0.0704. The lowest BCUT2D eigenvalue weighted by atomic mass is 10.3. The molecule has 0 atom stereocenters. The molecule has 0 aliphatic heterocycles. The Morgan fingerprint density at radius 3 is 2.56 bits per heavy atom. The highest BCUT2D eigenvalue weighted by Gasteiger charge is 2.05. The molecule has 0 unspecified atom stereocenters. The van der Waals surface area contributed by atoms with Gasteiger partial charge in [-0.25, -0.2) is 14.2 Å². The molecule has 0 saturated carbocycles. The number of anilines is 1. The predicted octanol–water partition coefficient (Wildman–Crippen LogP) is 3.49. The van der Waals surface area contributed by atoms with Crippen LogP contribution in [0.2, 0.25) is 5.02 Å². The topological polar surface area (TPSA) is 51.2 Å². The van der Waals surface area contributed by atoms with Crippen LogP contribution in [-0.4, -0.2) is 11.1 Å². The smallest absolute Gasteiger partial charge is 0.410 e. The van der Waals surface area contributed by atoms with Gasteiger partial charge in [0.1, 0.15) is 17.4 Å². The van der Waals surface area contributed by atoms with Crippen LogP contribution >= 0.6 is 11.6 Å². The van der Waals surface area contributed by atoms with Crippen LogP contribution in [0.3, 0.4) is 0 Å². The minimum absolute atomic E-state index is 0.204. The lowest BCUT2D eigenvalue weighted by molar-refractivity contribution is 0.215. The minimum Gasteiger partial charge on any atom is -0.410 e. The number of aromatic nitrogens is 1. The van der Waals surface area contributed by atoms with E-state index >= 15 is 0 Å². The van der Waals surface area contributed by atoms with Gasteiger partial charge < -0.3 is 4.74 Å². The van der Waals surface area contributed by atoms with Gasteiger partial charge in [-0.2, -0.15) is 0 Å². The zero-order chi connectivity index (χ0) is 13.0. The molecule has 0 saturated heterocycles. The van der Waals surface area contributed by atoms with Crippen LogP contribution in [0.4, 0.5) is 15.0 Å².